The highest BCUT2D eigenvalue weighted by atomic mass is 16.2. The Hall–Kier alpha value is -1.63. The van der Waals surface area contributed by atoms with E-state index in [9.17, 15) is 14.4 Å². The first-order valence-corrected chi connectivity index (χ1v) is 6.92. The summed E-state index contributed by atoms with van der Waals surface area (Å²) in [4.78, 5) is 35.4. The fraction of sp³-hybridized carbons (Fsp3) is 0.769. The van der Waals surface area contributed by atoms with Gasteiger partial charge in [-0.3, -0.25) is 14.4 Å². The van der Waals surface area contributed by atoms with E-state index in [0.717, 1.165) is 30.6 Å². The monoisotopic (exact) mass is 284 g/mol. The summed E-state index contributed by atoms with van der Waals surface area (Å²) < 4.78 is 0. The molecule has 7 heteroatoms. The number of hydrogen-bond donors (Lipinski definition) is 3. The lowest BCUT2D eigenvalue weighted by Crippen LogP contribution is -2.51. The molecule has 0 bridgehead atoms. The van der Waals surface area contributed by atoms with Gasteiger partial charge in [0.2, 0.25) is 17.7 Å². The molecule has 0 spiro atoms. The highest BCUT2D eigenvalue weighted by Gasteiger charge is 2.34. The molecular weight excluding hydrogens is 260 g/mol. The van der Waals surface area contributed by atoms with Crippen molar-refractivity contribution in [3.8, 4) is 0 Å². The van der Waals surface area contributed by atoms with Crippen LogP contribution in [0.4, 0.5) is 0 Å². The van der Waals surface area contributed by atoms with Gasteiger partial charge in [0.15, 0.2) is 0 Å². The van der Waals surface area contributed by atoms with Crippen LogP contribution in [0.2, 0.25) is 0 Å². The molecule has 0 heterocycles. The summed E-state index contributed by atoms with van der Waals surface area (Å²) in [7, 11) is 1.84. The zero-order chi connectivity index (χ0) is 15.2. The molecule has 1 aliphatic carbocycles. The molecule has 7 nitrogen and oxygen atoms in total. The molecule has 0 aromatic heterocycles. The zero-order valence-corrected chi connectivity index (χ0v) is 12.0. The molecule has 0 unspecified atom stereocenters. The van der Waals surface area contributed by atoms with Gasteiger partial charge < -0.3 is 21.7 Å². The first-order valence-electron chi connectivity index (χ1n) is 6.92. The van der Waals surface area contributed by atoms with Gasteiger partial charge in [-0.2, -0.15) is 0 Å². The largest absolute Gasteiger partial charge is 0.368 e. The van der Waals surface area contributed by atoms with E-state index in [-0.39, 0.29) is 31.0 Å². The topological polar surface area (TPSA) is 119 Å². The van der Waals surface area contributed by atoms with Gasteiger partial charge in [0, 0.05) is 12.0 Å². The van der Waals surface area contributed by atoms with Crippen LogP contribution in [0.5, 0.6) is 0 Å². The highest BCUT2D eigenvalue weighted by Crippen LogP contribution is 2.31. The first-order chi connectivity index (χ1) is 9.38. The molecule has 114 valence electrons. The van der Waals surface area contributed by atoms with Crippen LogP contribution in [0.25, 0.3) is 0 Å². The molecule has 1 fully saturated rings. The van der Waals surface area contributed by atoms with Gasteiger partial charge in [-0.1, -0.05) is 19.3 Å². The van der Waals surface area contributed by atoms with Crippen molar-refractivity contribution in [3.63, 3.8) is 0 Å². The van der Waals surface area contributed by atoms with E-state index < -0.39 is 11.8 Å². The Morgan fingerprint density at radius 2 is 1.55 bits per heavy atom. The van der Waals surface area contributed by atoms with Crippen LogP contribution in [-0.2, 0) is 14.4 Å². The normalized spacial score (nSPS) is 17.4. The maximum atomic E-state index is 12.3. The molecule has 0 saturated heterocycles. The average molecular weight is 284 g/mol. The maximum Gasteiger partial charge on any atom is 0.237 e. The van der Waals surface area contributed by atoms with Crippen molar-refractivity contribution >= 4 is 17.7 Å². The molecule has 0 aromatic carbocycles. The summed E-state index contributed by atoms with van der Waals surface area (Å²) >= 11 is 0. The van der Waals surface area contributed by atoms with Gasteiger partial charge in [0.05, 0.1) is 13.1 Å². The standard InChI is InChI=1S/C13H24N4O3/c1-16-13(5-3-2-4-6-13)7-12(20)17(8-10(14)18)9-11(15)19/h16H,2-9H2,1H3,(H2,14,18)(H2,15,19). The zero-order valence-electron chi connectivity index (χ0n) is 12.0. The van der Waals surface area contributed by atoms with Crippen molar-refractivity contribution in [1.29, 1.82) is 0 Å². The minimum atomic E-state index is -0.651. The van der Waals surface area contributed by atoms with E-state index in [1.165, 1.54) is 6.42 Å². The van der Waals surface area contributed by atoms with E-state index in [1.54, 1.807) is 0 Å². The third-order valence-electron chi connectivity index (χ3n) is 3.88. The number of primary amides is 2. The summed E-state index contributed by atoms with van der Waals surface area (Å²) in [6.07, 6.45) is 5.39. The van der Waals surface area contributed by atoms with Crippen LogP contribution in [0.1, 0.15) is 38.5 Å². The lowest BCUT2D eigenvalue weighted by atomic mass is 9.79. The van der Waals surface area contributed by atoms with Crippen molar-refractivity contribution in [2.75, 3.05) is 20.1 Å². The number of amides is 3. The van der Waals surface area contributed by atoms with Gasteiger partial charge in [-0.25, -0.2) is 0 Å². The second-order valence-electron chi connectivity index (χ2n) is 5.45. The fourth-order valence-corrected chi connectivity index (χ4v) is 2.75. The van der Waals surface area contributed by atoms with E-state index in [1.807, 2.05) is 7.05 Å². The minimum Gasteiger partial charge on any atom is -0.368 e. The number of carbonyl (C=O) groups excluding carboxylic acids is 3. The number of hydrogen-bond acceptors (Lipinski definition) is 4. The Morgan fingerprint density at radius 3 is 1.95 bits per heavy atom. The number of nitrogens with one attached hydrogen (secondary N) is 1. The molecule has 1 aliphatic rings. The van der Waals surface area contributed by atoms with Gasteiger partial charge in [-0.15, -0.1) is 0 Å². The molecular formula is C13H24N4O3. The summed E-state index contributed by atoms with van der Waals surface area (Å²) in [5.74, 6) is -1.57. The molecule has 0 aliphatic heterocycles. The highest BCUT2D eigenvalue weighted by molar-refractivity contribution is 5.88. The molecule has 3 amide bonds. The summed E-state index contributed by atoms with van der Waals surface area (Å²) in [6.45, 7) is -0.552. The summed E-state index contributed by atoms with van der Waals surface area (Å²) in [6, 6.07) is 0. The fourth-order valence-electron chi connectivity index (χ4n) is 2.75. The van der Waals surface area contributed by atoms with Crippen LogP contribution >= 0.6 is 0 Å². The van der Waals surface area contributed by atoms with E-state index in [4.69, 9.17) is 11.5 Å². The van der Waals surface area contributed by atoms with Crippen LogP contribution in [-0.4, -0.2) is 48.3 Å². The van der Waals surface area contributed by atoms with Gasteiger partial charge in [-0.05, 0) is 19.9 Å². The predicted octanol–water partition coefficient (Wildman–Crippen LogP) is -0.902. The van der Waals surface area contributed by atoms with Crippen molar-refractivity contribution in [2.45, 2.75) is 44.1 Å². The van der Waals surface area contributed by atoms with Crippen LogP contribution < -0.4 is 16.8 Å². The second kappa shape index (κ2) is 7.23. The summed E-state index contributed by atoms with van der Waals surface area (Å²) in [5, 5.41) is 3.23. The molecule has 0 atom stereocenters. The molecule has 1 rings (SSSR count). The Balaban J connectivity index is 2.72. The molecule has 0 radical (unpaired) electrons. The van der Waals surface area contributed by atoms with Gasteiger partial charge in [0.25, 0.3) is 0 Å². The van der Waals surface area contributed by atoms with Crippen molar-refractivity contribution in [1.82, 2.24) is 10.2 Å². The molecule has 5 N–H and O–H groups in total. The molecule has 20 heavy (non-hydrogen) atoms. The van der Waals surface area contributed by atoms with E-state index in [2.05, 4.69) is 5.32 Å². The second-order valence-corrected chi connectivity index (χ2v) is 5.45. The lowest BCUT2D eigenvalue weighted by Gasteiger charge is -2.38. The van der Waals surface area contributed by atoms with E-state index >= 15 is 0 Å². The quantitative estimate of drug-likeness (QED) is 0.561. The SMILES string of the molecule is CNC1(CC(=O)N(CC(N)=O)CC(N)=O)CCCCC1. The number of nitrogens with zero attached hydrogens (tertiary/aromatic N) is 1. The smallest absolute Gasteiger partial charge is 0.237 e. The minimum absolute atomic E-state index is 0.247. The number of carbonyl (C=O) groups is 3. The first kappa shape index (κ1) is 16.4. The van der Waals surface area contributed by atoms with Crippen molar-refractivity contribution < 1.29 is 14.4 Å². The Bertz CT molecular complexity index is 362. The van der Waals surface area contributed by atoms with Crippen LogP contribution in [0.3, 0.4) is 0 Å². The van der Waals surface area contributed by atoms with E-state index in [0.29, 0.717) is 0 Å². The Kier molecular flexibility index (Phi) is 5.94. The van der Waals surface area contributed by atoms with Crippen molar-refractivity contribution in [2.24, 2.45) is 11.5 Å². The third-order valence-corrected chi connectivity index (χ3v) is 3.88. The third kappa shape index (κ3) is 4.80. The summed E-state index contributed by atoms with van der Waals surface area (Å²) in [5.41, 5.74) is 9.96. The Labute approximate surface area is 119 Å². The number of nitrogens with two attached hydrogens (primary N) is 2. The lowest BCUT2D eigenvalue weighted by molar-refractivity contribution is -0.139. The predicted molar refractivity (Wildman–Crippen MR) is 74.5 cm³/mol. The van der Waals surface area contributed by atoms with Crippen LogP contribution in [0, 0.1) is 0 Å². The molecule has 1 saturated carbocycles. The van der Waals surface area contributed by atoms with Crippen LogP contribution in [0.15, 0.2) is 0 Å². The van der Waals surface area contributed by atoms with Crippen molar-refractivity contribution in [3.05, 3.63) is 0 Å². The average Bonchev–Trinajstić information content (AvgIpc) is 2.38. The number of rotatable bonds is 7. The molecule has 0 aromatic rings. The maximum absolute atomic E-state index is 12.3. The Morgan fingerprint density at radius 1 is 1.05 bits per heavy atom. The van der Waals surface area contributed by atoms with Gasteiger partial charge in [0.1, 0.15) is 0 Å². The van der Waals surface area contributed by atoms with Gasteiger partial charge >= 0.3 is 0 Å².